The molecule has 2 nitrogen and oxygen atoms in total. The molecule has 2 aliphatic rings. The van der Waals surface area contributed by atoms with Crippen LogP contribution in [0, 0.1) is 0 Å². The number of allylic oxidation sites excluding steroid dienone is 5. The number of hydrogen-bond donors (Lipinski definition) is 0. The van der Waals surface area contributed by atoms with Gasteiger partial charge in [-0.05, 0) is 24.6 Å². The van der Waals surface area contributed by atoms with E-state index in [1.807, 2.05) is 12.1 Å². The van der Waals surface area contributed by atoms with Crippen molar-refractivity contribution in [1.29, 1.82) is 0 Å². The molecule has 1 aliphatic carbocycles. The molecule has 0 atom stereocenters. The summed E-state index contributed by atoms with van der Waals surface area (Å²) in [4.78, 5) is 2.24. The third kappa shape index (κ3) is 2.11. The fourth-order valence-corrected chi connectivity index (χ4v) is 2.12. The first kappa shape index (κ1) is 10.2. The topological polar surface area (TPSA) is 12.5 Å². The van der Waals surface area contributed by atoms with Crippen LogP contribution in [0.5, 0.6) is 5.75 Å². The van der Waals surface area contributed by atoms with Crippen LogP contribution in [-0.2, 0) is 6.54 Å². The van der Waals surface area contributed by atoms with E-state index >= 15 is 0 Å². The van der Waals surface area contributed by atoms with Crippen molar-refractivity contribution in [3.63, 3.8) is 0 Å². The monoisotopic (exact) mass is 225 g/mol. The SMILES string of the molecule is C1=CCC=CC(N2COc3ccccc3C2)=C1. The van der Waals surface area contributed by atoms with Gasteiger partial charge >= 0.3 is 0 Å². The molecule has 86 valence electrons. The summed E-state index contributed by atoms with van der Waals surface area (Å²) in [7, 11) is 0. The molecular weight excluding hydrogens is 210 g/mol. The minimum absolute atomic E-state index is 0.626. The predicted molar refractivity (Wildman–Crippen MR) is 68.5 cm³/mol. The van der Waals surface area contributed by atoms with E-state index < -0.39 is 0 Å². The van der Waals surface area contributed by atoms with E-state index in [1.165, 1.54) is 11.3 Å². The molecule has 0 saturated carbocycles. The number of ether oxygens (including phenoxy) is 1. The molecule has 0 fully saturated rings. The van der Waals surface area contributed by atoms with Gasteiger partial charge in [0.05, 0.1) is 0 Å². The largest absolute Gasteiger partial charge is 0.473 e. The van der Waals surface area contributed by atoms with Crippen molar-refractivity contribution in [2.45, 2.75) is 13.0 Å². The van der Waals surface area contributed by atoms with Crippen molar-refractivity contribution < 1.29 is 4.74 Å². The van der Waals surface area contributed by atoms with Crippen LogP contribution < -0.4 is 4.74 Å². The van der Waals surface area contributed by atoms with Gasteiger partial charge in [-0.3, -0.25) is 0 Å². The summed E-state index contributed by atoms with van der Waals surface area (Å²) in [6, 6.07) is 8.23. The second-order valence-corrected chi connectivity index (χ2v) is 4.24. The average molecular weight is 225 g/mol. The lowest BCUT2D eigenvalue weighted by Crippen LogP contribution is -2.30. The van der Waals surface area contributed by atoms with Crippen molar-refractivity contribution in [2.75, 3.05) is 6.73 Å². The average Bonchev–Trinajstić information content (AvgIpc) is 2.67. The molecule has 0 radical (unpaired) electrons. The number of hydrogen-bond acceptors (Lipinski definition) is 2. The molecule has 0 saturated heterocycles. The highest BCUT2D eigenvalue weighted by molar-refractivity contribution is 5.36. The molecule has 2 heteroatoms. The van der Waals surface area contributed by atoms with Gasteiger partial charge < -0.3 is 9.64 Å². The van der Waals surface area contributed by atoms with Crippen LogP contribution in [0.2, 0.25) is 0 Å². The van der Waals surface area contributed by atoms with Crippen molar-refractivity contribution in [2.24, 2.45) is 0 Å². The van der Waals surface area contributed by atoms with E-state index in [9.17, 15) is 0 Å². The fourth-order valence-electron chi connectivity index (χ4n) is 2.12. The van der Waals surface area contributed by atoms with Gasteiger partial charge in [0.1, 0.15) is 5.75 Å². The molecule has 3 rings (SSSR count). The highest BCUT2D eigenvalue weighted by Gasteiger charge is 2.17. The molecule has 17 heavy (non-hydrogen) atoms. The van der Waals surface area contributed by atoms with Gasteiger partial charge in [0.15, 0.2) is 6.73 Å². The Hall–Kier alpha value is -1.96. The Morgan fingerprint density at radius 2 is 2.06 bits per heavy atom. The van der Waals surface area contributed by atoms with Crippen LogP contribution in [-0.4, -0.2) is 11.6 Å². The van der Waals surface area contributed by atoms with Gasteiger partial charge in [0, 0.05) is 17.8 Å². The van der Waals surface area contributed by atoms with Gasteiger partial charge in [-0.25, -0.2) is 0 Å². The molecule has 1 aliphatic heterocycles. The Morgan fingerprint density at radius 3 is 3.06 bits per heavy atom. The van der Waals surface area contributed by atoms with E-state index in [2.05, 4.69) is 47.4 Å². The minimum Gasteiger partial charge on any atom is -0.473 e. The maximum absolute atomic E-state index is 5.76. The van der Waals surface area contributed by atoms with Crippen LogP contribution in [0.3, 0.4) is 0 Å². The predicted octanol–water partition coefficient (Wildman–Crippen LogP) is 3.24. The number of rotatable bonds is 1. The summed E-state index contributed by atoms with van der Waals surface area (Å²) in [6.45, 7) is 1.54. The summed E-state index contributed by atoms with van der Waals surface area (Å²) in [5, 5.41) is 0. The summed E-state index contributed by atoms with van der Waals surface area (Å²) >= 11 is 0. The summed E-state index contributed by atoms with van der Waals surface area (Å²) < 4.78 is 5.76. The second kappa shape index (κ2) is 4.50. The first-order valence-electron chi connectivity index (χ1n) is 5.92. The quantitative estimate of drug-likeness (QED) is 0.727. The smallest absolute Gasteiger partial charge is 0.161 e. The molecule has 0 bridgehead atoms. The van der Waals surface area contributed by atoms with Crippen LogP contribution in [0.15, 0.2) is 60.3 Å². The first-order valence-corrected chi connectivity index (χ1v) is 5.92. The highest BCUT2D eigenvalue weighted by Crippen LogP contribution is 2.26. The van der Waals surface area contributed by atoms with E-state index in [0.717, 1.165) is 18.7 Å². The lowest BCUT2D eigenvalue weighted by Gasteiger charge is -2.31. The Morgan fingerprint density at radius 1 is 1.12 bits per heavy atom. The molecule has 0 amide bonds. The van der Waals surface area contributed by atoms with Crippen LogP contribution >= 0.6 is 0 Å². The van der Waals surface area contributed by atoms with Gasteiger partial charge in [0.25, 0.3) is 0 Å². The van der Waals surface area contributed by atoms with Crippen molar-refractivity contribution in [3.8, 4) is 5.75 Å². The van der Waals surface area contributed by atoms with E-state index in [-0.39, 0.29) is 0 Å². The molecule has 1 heterocycles. The van der Waals surface area contributed by atoms with Crippen molar-refractivity contribution in [3.05, 3.63) is 65.9 Å². The molecule has 1 aromatic rings. The van der Waals surface area contributed by atoms with Gasteiger partial charge in [0.2, 0.25) is 0 Å². The standard InChI is InChI=1S/C15H15NO/c1-2-4-9-14(8-3-1)16-11-13-7-5-6-10-15(13)17-12-16/h1,3-10H,2,11-12H2. The van der Waals surface area contributed by atoms with Crippen LogP contribution in [0.4, 0.5) is 0 Å². The zero-order chi connectivity index (χ0) is 11.5. The van der Waals surface area contributed by atoms with Crippen molar-refractivity contribution in [1.82, 2.24) is 4.90 Å². The van der Waals surface area contributed by atoms with Crippen molar-refractivity contribution >= 4 is 0 Å². The molecule has 0 aromatic heterocycles. The first-order chi connectivity index (χ1) is 8.43. The van der Waals surface area contributed by atoms with E-state index in [0.29, 0.717) is 6.73 Å². The maximum Gasteiger partial charge on any atom is 0.161 e. The Balaban J connectivity index is 1.84. The Bertz CT molecular complexity index is 499. The van der Waals surface area contributed by atoms with Crippen LogP contribution in [0.1, 0.15) is 12.0 Å². The number of benzene rings is 1. The molecule has 1 aromatic carbocycles. The summed E-state index contributed by atoms with van der Waals surface area (Å²) in [5.41, 5.74) is 2.47. The summed E-state index contributed by atoms with van der Waals surface area (Å²) in [6.07, 6.45) is 11.7. The Kier molecular flexibility index (Phi) is 2.70. The third-order valence-electron chi connectivity index (χ3n) is 3.04. The Labute approximate surface area is 102 Å². The highest BCUT2D eigenvalue weighted by atomic mass is 16.5. The van der Waals surface area contributed by atoms with E-state index in [1.54, 1.807) is 0 Å². The number of para-hydroxylation sites is 1. The maximum atomic E-state index is 5.76. The molecule has 0 N–H and O–H groups in total. The lowest BCUT2D eigenvalue weighted by atomic mass is 10.1. The number of fused-ring (bicyclic) bond motifs is 1. The van der Waals surface area contributed by atoms with Gasteiger partial charge in [-0.15, -0.1) is 0 Å². The van der Waals surface area contributed by atoms with Gasteiger partial charge in [-0.1, -0.05) is 36.4 Å². The van der Waals surface area contributed by atoms with Crippen LogP contribution in [0.25, 0.3) is 0 Å². The third-order valence-corrected chi connectivity index (χ3v) is 3.04. The minimum atomic E-state index is 0.626. The molecule has 0 spiro atoms. The lowest BCUT2D eigenvalue weighted by molar-refractivity contribution is 0.132. The second-order valence-electron chi connectivity index (χ2n) is 4.24. The zero-order valence-electron chi connectivity index (χ0n) is 9.67. The molecule has 0 unspecified atom stereocenters. The van der Waals surface area contributed by atoms with Gasteiger partial charge in [-0.2, -0.15) is 0 Å². The zero-order valence-corrected chi connectivity index (χ0v) is 9.67. The molecular formula is C15H15NO. The summed E-state index contributed by atoms with van der Waals surface area (Å²) in [5.74, 6) is 1.01. The fraction of sp³-hybridized carbons (Fsp3) is 0.200. The number of nitrogens with zero attached hydrogens (tertiary/aromatic N) is 1. The van der Waals surface area contributed by atoms with E-state index in [4.69, 9.17) is 4.74 Å². The normalized spacial score (nSPS) is 18.1.